The molecule has 0 N–H and O–H groups in total. The number of ether oxygens (including phenoxy) is 5. The molecule has 0 saturated heterocycles. The molecule has 0 bridgehead atoms. The normalized spacial score (nSPS) is 15.3. The second kappa shape index (κ2) is 16.3. The van der Waals surface area contributed by atoms with Crippen LogP contribution in [0.15, 0.2) is 36.4 Å². The summed E-state index contributed by atoms with van der Waals surface area (Å²) in [5.41, 5.74) is 2.20. The first kappa shape index (κ1) is 30.7. The minimum atomic E-state index is -0.288. The lowest BCUT2D eigenvalue weighted by atomic mass is 9.98. The van der Waals surface area contributed by atoms with Gasteiger partial charge in [-0.3, -0.25) is 0 Å². The van der Waals surface area contributed by atoms with Crippen molar-refractivity contribution in [2.45, 2.75) is 98.9 Å². The molecule has 2 atom stereocenters. The van der Waals surface area contributed by atoms with Gasteiger partial charge in [0.2, 0.25) is 13.6 Å². The highest BCUT2D eigenvalue weighted by molar-refractivity contribution is 6.44. The molecule has 0 aliphatic carbocycles. The van der Waals surface area contributed by atoms with E-state index in [9.17, 15) is 0 Å². The van der Waals surface area contributed by atoms with Gasteiger partial charge in [0.05, 0.1) is 12.2 Å². The van der Waals surface area contributed by atoms with Crippen molar-refractivity contribution in [1.29, 1.82) is 0 Å². The van der Waals surface area contributed by atoms with Crippen LogP contribution in [-0.4, -0.2) is 23.3 Å². The molecular weight excluding hydrogens is 582 g/mol. The van der Waals surface area contributed by atoms with Crippen LogP contribution in [0, 0.1) is 0 Å². The first-order chi connectivity index (χ1) is 19.0. The number of rotatable bonds is 18. The average Bonchev–Trinajstić information content (AvgIpc) is 3.59. The minimum Gasteiger partial charge on any atom is -0.454 e. The van der Waals surface area contributed by atoms with Crippen molar-refractivity contribution in [2.75, 3.05) is 13.6 Å². The van der Waals surface area contributed by atoms with E-state index in [2.05, 4.69) is 24.3 Å². The molecule has 5 nitrogen and oxygen atoms in total. The Kier molecular flexibility index (Phi) is 12.8. The Morgan fingerprint density at radius 1 is 0.513 bits per heavy atom. The molecule has 2 aromatic carbocycles. The SMILES string of the molecule is ClC(Cl)CCCCCCC(OC(CCCCCCC(Cl)Cl)c1ccc2c(c1)OCO2)c1ccc2c(c1)OCO2. The third-order valence-electron chi connectivity index (χ3n) is 7.14. The number of halogens is 4. The van der Waals surface area contributed by atoms with Gasteiger partial charge in [-0.25, -0.2) is 0 Å². The lowest BCUT2D eigenvalue weighted by Crippen LogP contribution is -2.12. The molecule has 0 saturated carbocycles. The van der Waals surface area contributed by atoms with E-state index in [-0.39, 0.29) is 35.5 Å². The number of unbranched alkanes of at least 4 members (excludes halogenated alkanes) is 6. The summed E-state index contributed by atoms with van der Waals surface area (Å²) < 4.78 is 29.4. The van der Waals surface area contributed by atoms with Crippen molar-refractivity contribution >= 4 is 46.4 Å². The number of fused-ring (bicyclic) bond motifs is 2. The lowest BCUT2D eigenvalue weighted by molar-refractivity contribution is -0.0265. The van der Waals surface area contributed by atoms with E-state index in [0.29, 0.717) is 0 Å². The van der Waals surface area contributed by atoms with Crippen molar-refractivity contribution in [3.63, 3.8) is 0 Å². The highest BCUT2D eigenvalue weighted by Gasteiger charge is 2.24. The van der Waals surface area contributed by atoms with Crippen LogP contribution in [0.3, 0.4) is 0 Å². The molecule has 39 heavy (non-hydrogen) atoms. The van der Waals surface area contributed by atoms with Crippen LogP contribution in [0.5, 0.6) is 23.0 Å². The Balaban J connectivity index is 1.45. The van der Waals surface area contributed by atoms with Gasteiger partial charge in [-0.1, -0.05) is 63.5 Å². The third-order valence-corrected chi connectivity index (χ3v) is 8.02. The highest BCUT2D eigenvalue weighted by Crippen LogP contribution is 2.41. The van der Waals surface area contributed by atoms with Crippen molar-refractivity contribution in [1.82, 2.24) is 0 Å². The predicted molar refractivity (Wildman–Crippen MR) is 158 cm³/mol. The molecule has 0 aromatic heterocycles. The molecular formula is C30H38Cl4O5. The molecule has 216 valence electrons. The zero-order valence-corrected chi connectivity index (χ0v) is 25.2. The zero-order valence-electron chi connectivity index (χ0n) is 22.2. The fourth-order valence-electron chi connectivity index (χ4n) is 5.02. The molecule has 2 aliphatic rings. The molecule has 2 aliphatic heterocycles. The Morgan fingerprint density at radius 2 is 0.897 bits per heavy atom. The Hall–Kier alpha value is -1.24. The van der Waals surface area contributed by atoms with Gasteiger partial charge in [0.15, 0.2) is 23.0 Å². The Morgan fingerprint density at radius 3 is 1.31 bits per heavy atom. The number of benzene rings is 2. The van der Waals surface area contributed by atoms with Crippen molar-refractivity contribution < 1.29 is 23.7 Å². The number of alkyl halides is 4. The van der Waals surface area contributed by atoms with Crippen LogP contribution in [0.2, 0.25) is 0 Å². The second-order valence-electron chi connectivity index (χ2n) is 10.1. The van der Waals surface area contributed by atoms with E-state index < -0.39 is 0 Å². The third kappa shape index (κ3) is 9.97. The largest absolute Gasteiger partial charge is 0.454 e. The quantitative estimate of drug-likeness (QED) is 0.123. The van der Waals surface area contributed by atoms with Crippen LogP contribution < -0.4 is 18.9 Å². The van der Waals surface area contributed by atoms with Crippen LogP contribution in [0.25, 0.3) is 0 Å². The van der Waals surface area contributed by atoms with Gasteiger partial charge in [-0.2, -0.15) is 0 Å². The van der Waals surface area contributed by atoms with Gasteiger partial charge >= 0.3 is 0 Å². The van der Waals surface area contributed by atoms with Gasteiger partial charge in [0, 0.05) is 0 Å². The fourth-order valence-corrected chi connectivity index (χ4v) is 5.63. The minimum absolute atomic E-state index is 0.0861. The Labute approximate surface area is 252 Å². The summed E-state index contributed by atoms with van der Waals surface area (Å²) >= 11 is 23.6. The molecule has 2 heterocycles. The predicted octanol–water partition coefficient (Wildman–Crippen LogP) is 10.2. The van der Waals surface area contributed by atoms with Gasteiger partial charge in [0.1, 0.15) is 9.67 Å². The number of hydrogen-bond donors (Lipinski definition) is 0. The molecule has 0 fully saturated rings. The van der Waals surface area contributed by atoms with Crippen LogP contribution in [-0.2, 0) is 4.74 Å². The first-order valence-corrected chi connectivity index (χ1v) is 15.7. The topological polar surface area (TPSA) is 46.2 Å². The zero-order chi connectivity index (χ0) is 27.5. The summed E-state index contributed by atoms with van der Waals surface area (Å²) in [5, 5.41) is 0. The van der Waals surface area contributed by atoms with E-state index >= 15 is 0 Å². The maximum absolute atomic E-state index is 6.95. The van der Waals surface area contributed by atoms with Crippen molar-refractivity contribution in [2.24, 2.45) is 0 Å². The molecule has 0 radical (unpaired) electrons. The van der Waals surface area contributed by atoms with Gasteiger partial charge in [0.25, 0.3) is 0 Å². The second-order valence-corrected chi connectivity index (χ2v) is 12.7. The van der Waals surface area contributed by atoms with Crippen LogP contribution in [0.4, 0.5) is 0 Å². The fraction of sp³-hybridized carbons (Fsp3) is 0.600. The molecule has 0 amide bonds. The van der Waals surface area contributed by atoms with Gasteiger partial charge < -0.3 is 23.7 Å². The Bertz CT molecular complexity index is 939. The molecule has 4 rings (SSSR count). The summed E-state index contributed by atoms with van der Waals surface area (Å²) in [4.78, 5) is -0.577. The summed E-state index contributed by atoms with van der Waals surface area (Å²) in [5.74, 6) is 3.09. The molecule has 9 heteroatoms. The van der Waals surface area contributed by atoms with E-state index in [1.54, 1.807) is 0 Å². The average molecular weight is 620 g/mol. The van der Waals surface area contributed by atoms with Crippen molar-refractivity contribution in [3.05, 3.63) is 47.5 Å². The van der Waals surface area contributed by atoms with E-state index in [1.165, 1.54) is 0 Å². The molecule has 2 unspecified atom stereocenters. The van der Waals surface area contributed by atoms with E-state index in [1.807, 2.05) is 12.1 Å². The standard InChI is InChI=1S/C30H38Cl4O5/c31-29(32)11-7-3-1-5-9-23(21-13-15-25-27(17-21)37-19-35-25)39-24(10-6-2-4-8-12-30(33)34)22-14-16-26-28(18-22)38-20-36-26/h13-18,23-24,29-30H,1-12,19-20H2. The summed E-state index contributed by atoms with van der Waals surface area (Å²) in [6, 6.07) is 12.3. The lowest BCUT2D eigenvalue weighted by Gasteiger charge is -2.26. The van der Waals surface area contributed by atoms with Crippen LogP contribution >= 0.6 is 46.4 Å². The van der Waals surface area contributed by atoms with E-state index in [0.717, 1.165) is 111 Å². The summed E-state index contributed by atoms with van der Waals surface area (Å²) in [7, 11) is 0. The van der Waals surface area contributed by atoms with E-state index in [4.69, 9.17) is 70.1 Å². The van der Waals surface area contributed by atoms with Crippen molar-refractivity contribution in [3.8, 4) is 23.0 Å². The monoisotopic (exact) mass is 618 g/mol. The van der Waals surface area contributed by atoms with Crippen LogP contribution in [0.1, 0.15) is 100 Å². The highest BCUT2D eigenvalue weighted by atomic mass is 35.5. The smallest absolute Gasteiger partial charge is 0.231 e. The summed E-state index contributed by atoms with van der Waals surface area (Å²) in [6.45, 7) is 0.501. The molecule has 2 aromatic rings. The van der Waals surface area contributed by atoms with Gasteiger partial charge in [-0.05, 0) is 61.1 Å². The summed E-state index contributed by atoms with van der Waals surface area (Å²) in [6.07, 6.45) is 11.8. The maximum atomic E-state index is 6.95. The van der Waals surface area contributed by atoms with Gasteiger partial charge in [-0.15, -0.1) is 46.4 Å². The maximum Gasteiger partial charge on any atom is 0.231 e. The first-order valence-electron chi connectivity index (χ1n) is 14.0. The molecule has 0 spiro atoms. The number of hydrogen-bond acceptors (Lipinski definition) is 5.